The molecule has 3 amide bonds. The van der Waals surface area contributed by atoms with Crippen LogP contribution in [0.3, 0.4) is 0 Å². The van der Waals surface area contributed by atoms with Crippen molar-refractivity contribution in [2.75, 3.05) is 18.4 Å². The van der Waals surface area contributed by atoms with Gasteiger partial charge in [0, 0.05) is 23.8 Å². The fourth-order valence-electron chi connectivity index (χ4n) is 4.04. The number of nitrogens with one attached hydrogen (secondary N) is 1. The third-order valence-corrected chi connectivity index (χ3v) is 6.20. The third kappa shape index (κ3) is 6.69. The molecule has 0 saturated carbocycles. The summed E-state index contributed by atoms with van der Waals surface area (Å²) in [5.74, 6) is -0.333. The number of amides is 3. The first-order valence-corrected chi connectivity index (χ1v) is 12.5. The maximum absolute atomic E-state index is 13.6. The van der Waals surface area contributed by atoms with Crippen LogP contribution in [0.4, 0.5) is 10.5 Å². The van der Waals surface area contributed by atoms with E-state index in [4.69, 9.17) is 16.0 Å². The number of hydrogen-bond acceptors (Lipinski definition) is 4. The normalized spacial score (nSPS) is 10.7. The molecule has 0 aliphatic heterocycles. The average molecular weight is 530 g/mol. The van der Waals surface area contributed by atoms with Gasteiger partial charge >= 0.3 is 6.03 Å². The van der Waals surface area contributed by atoms with E-state index in [1.807, 2.05) is 43.3 Å². The lowest BCUT2D eigenvalue weighted by molar-refractivity contribution is -0.133. The highest BCUT2D eigenvalue weighted by molar-refractivity contribution is 6.30. The Hall–Kier alpha value is -4.36. The number of carbonyl (C=O) groups excluding carboxylic acids is 2. The number of carbonyl (C=O) groups is 2. The second kappa shape index (κ2) is 12.3. The Balaban J connectivity index is 1.59. The van der Waals surface area contributed by atoms with Gasteiger partial charge in [-0.1, -0.05) is 65.7 Å². The highest BCUT2D eigenvalue weighted by Crippen LogP contribution is 2.17. The molecule has 0 fully saturated rings. The minimum atomic E-state index is -0.471. The SMILES string of the molecule is C=CCN(CC(=O)N(Cc1ccccc1)Cc1coc2ccc(C)cc2c1=O)C(=O)Nc1cccc(Cl)c1. The van der Waals surface area contributed by atoms with Gasteiger partial charge in [0.05, 0.1) is 23.8 Å². The highest BCUT2D eigenvalue weighted by atomic mass is 35.5. The van der Waals surface area contributed by atoms with Crippen molar-refractivity contribution < 1.29 is 14.0 Å². The molecule has 4 aromatic rings. The Morgan fingerprint density at radius 2 is 1.79 bits per heavy atom. The molecule has 7 nitrogen and oxygen atoms in total. The van der Waals surface area contributed by atoms with E-state index in [0.29, 0.717) is 27.2 Å². The van der Waals surface area contributed by atoms with Gasteiger partial charge in [-0.3, -0.25) is 9.59 Å². The molecule has 0 spiro atoms. The Bertz CT molecular complexity index is 1520. The van der Waals surface area contributed by atoms with Crippen LogP contribution in [0, 0.1) is 6.92 Å². The van der Waals surface area contributed by atoms with Crippen molar-refractivity contribution >= 4 is 40.2 Å². The number of fused-ring (bicyclic) bond motifs is 1. The molecule has 0 saturated heterocycles. The maximum Gasteiger partial charge on any atom is 0.322 e. The second-order valence-corrected chi connectivity index (χ2v) is 9.37. The molecule has 4 rings (SSSR count). The molecule has 3 aromatic carbocycles. The van der Waals surface area contributed by atoms with Crippen molar-refractivity contribution in [3.63, 3.8) is 0 Å². The molecule has 0 atom stereocenters. The van der Waals surface area contributed by atoms with Crippen LogP contribution in [0.25, 0.3) is 11.0 Å². The molecule has 0 unspecified atom stereocenters. The van der Waals surface area contributed by atoms with Gasteiger partial charge in [-0.2, -0.15) is 0 Å². The van der Waals surface area contributed by atoms with Crippen molar-refractivity contribution in [3.8, 4) is 0 Å². The molecule has 1 heterocycles. The van der Waals surface area contributed by atoms with Crippen molar-refractivity contribution in [2.45, 2.75) is 20.0 Å². The summed E-state index contributed by atoms with van der Waals surface area (Å²) in [6.45, 7) is 5.83. The standard InChI is InChI=1S/C30H28ClN3O4/c1-3-14-33(30(37)32-25-11-7-10-24(31)16-25)19-28(35)34(17-22-8-5-4-6-9-22)18-23-20-38-27-13-12-21(2)15-26(27)29(23)36/h3-13,15-16,20H,1,14,17-19H2,2H3,(H,32,37). The predicted molar refractivity (Wildman–Crippen MR) is 150 cm³/mol. The molecular weight excluding hydrogens is 502 g/mol. The number of urea groups is 1. The van der Waals surface area contributed by atoms with Crippen LogP contribution in [0.5, 0.6) is 0 Å². The Morgan fingerprint density at radius 1 is 1.00 bits per heavy atom. The lowest BCUT2D eigenvalue weighted by atomic mass is 10.1. The first-order chi connectivity index (χ1) is 18.3. The number of benzene rings is 3. The molecule has 8 heteroatoms. The minimum absolute atomic E-state index is 0.0256. The quantitative estimate of drug-likeness (QED) is 0.269. The molecule has 1 aromatic heterocycles. The zero-order valence-electron chi connectivity index (χ0n) is 21.0. The zero-order valence-corrected chi connectivity index (χ0v) is 21.8. The topological polar surface area (TPSA) is 82.9 Å². The van der Waals surface area contributed by atoms with Crippen molar-refractivity contribution in [3.05, 3.63) is 124 Å². The van der Waals surface area contributed by atoms with E-state index in [-0.39, 0.29) is 37.5 Å². The summed E-state index contributed by atoms with van der Waals surface area (Å²) in [5.41, 5.74) is 2.98. The monoisotopic (exact) mass is 529 g/mol. The maximum atomic E-state index is 13.6. The first kappa shape index (κ1) is 26.7. The van der Waals surface area contributed by atoms with Crippen LogP contribution in [0.15, 0.2) is 101 Å². The molecule has 1 N–H and O–H groups in total. The lowest BCUT2D eigenvalue weighted by Crippen LogP contribution is -2.44. The largest absolute Gasteiger partial charge is 0.464 e. The van der Waals surface area contributed by atoms with E-state index in [9.17, 15) is 14.4 Å². The molecule has 0 bridgehead atoms. The second-order valence-electron chi connectivity index (χ2n) is 8.93. The molecule has 0 aliphatic rings. The van der Waals surface area contributed by atoms with Gasteiger partial charge in [0.2, 0.25) is 5.91 Å². The molecule has 0 aliphatic carbocycles. The van der Waals surface area contributed by atoms with Crippen LogP contribution in [0.1, 0.15) is 16.7 Å². The molecule has 194 valence electrons. The van der Waals surface area contributed by atoms with E-state index in [1.54, 1.807) is 47.4 Å². The van der Waals surface area contributed by atoms with Gasteiger partial charge in [0.25, 0.3) is 0 Å². The van der Waals surface area contributed by atoms with Gasteiger partial charge < -0.3 is 19.5 Å². The van der Waals surface area contributed by atoms with E-state index in [0.717, 1.165) is 11.1 Å². The lowest BCUT2D eigenvalue weighted by Gasteiger charge is -2.27. The predicted octanol–water partition coefficient (Wildman–Crippen LogP) is 6.00. The summed E-state index contributed by atoms with van der Waals surface area (Å²) in [6.07, 6.45) is 2.95. The number of halogens is 1. The number of anilines is 1. The zero-order chi connectivity index (χ0) is 27.1. The fourth-order valence-corrected chi connectivity index (χ4v) is 4.23. The van der Waals surface area contributed by atoms with Gasteiger partial charge in [0.1, 0.15) is 12.1 Å². The van der Waals surface area contributed by atoms with Gasteiger partial charge in [-0.05, 0) is 42.8 Å². The minimum Gasteiger partial charge on any atom is -0.464 e. The highest BCUT2D eigenvalue weighted by Gasteiger charge is 2.23. The Morgan fingerprint density at radius 3 is 2.53 bits per heavy atom. The Kier molecular flexibility index (Phi) is 8.61. The van der Waals surface area contributed by atoms with Crippen LogP contribution in [0.2, 0.25) is 5.02 Å². The van der Waals surface area contributed by atoms with Crippen LogP contribution < -0.4 is 10.7 Å². The van der Waals surface area contributed by atoms with Crippen LogP contribution in [-0.4, -0.2) is 34.8 Å². The summed E-state index contributed by atoms with van der Waals surface area (Å²) in [4.78, 5) is 42.8. The molecule has 0 radical (unpaired) electrons. The molecular formula is C30H28ClN3O4. The van der Waals surface area contributed by atoms with E-state index < -0.39 is 6.03 Å². The summed E-state index contributed by atoms with van der Waals surface area (Å²) >= 11 is 6.03. The number of rotatable bonds is 9. The van der Waals surface area contributed by atoms with Gasteiger partial charge in [0.15, 0.2) is 5.43 Å². The van der Waals surface area contributed by atoms with Crippen LogP contribution >= 0.6 is 11.6 Å². The smallest absolute Gasteiger partial charge is 0.322 e. The summed E-state index contributed by atoms with van der Waals surface area (Å²) in [5, 5.41) is 3.71. The van der Waals surface area contributed by atoms with Crippen molar-refractivity contribution in [1.29, 1.82) is 0 Å². The van der Waals surface area contributed by atoms with E-state index in [1.165, 1.54) is 11.2 Å². The van der Waals surface area contributed by atoms with E-state index >= 15 is 0 Å². The first-order valence-electron chi connectivity index (χ1n) is 12.1. The number of aryl methyl sites for hydroxylation is 1. The van der Waals surface area contributed by atoms with Gasteiger partial charge in [-0.25, -0.2) is 4.79 Å². The average Bonchev–Trinajstić information content (AvgIpc) is 2.90. The van der Waals surface area contributed by atoms with Crippen molar-refractivity contribution in [1.82, 2.24) is 9.80 Å². The van der Waals surface area contributed by atoms with Crippen LogP contribution in [-0.2, 0) is 17.9 Å². The van der Waals surface area contributed by atoms with Crippen molar-refractivity contribution in [2.24, 2.45) is 0 Å². The third-order valence-electron chi connectivity index (χ3n) is 5.97. The summed E-state index contributed by atoms with van der Waals surface area (Å²) in [7, 11) is 0. The summed E-state index contributed by atoms with van der Waals surface area (Å²) in [6, 6.07) is 21.2. The molecule has 38 heavy (non-hydrogen) atoms. The van der Waals surface area contributed by atoms with E-state index in [2.05, 4.69) is 11.9 Å². The number of nitrogens with zero attached hydrogens (tertiary/aromatic N) is 2. The Labute approximate surface area is 225 Å². The van der Waals surface area contributed by atoms with Gasteiger partial charge in [-0.15, -0.1) is 6.58 Å². The fraction of sp³-hybridized carbons (Fsp3) is 0.167. The number of hydrogen-bond donors (Lipinski definition) is 1. The summed E-state index contributed by atoms with van der Waals surface area (Å²) < 4.78 is 5.71.